The quantitative estimate of drug-likeness (QED) is 0.270. The van der Waals surface area contributed by atoms with Gasteiger partial charge in [0.1, 0.15) is 24.5 Å². The van der Waals surface area contributed by atoms with Gasteiger partial charge >= 0.3 is 0 Å². The van der Waals surface area contributed by atoms with E-state index in [2.05, 4.69) is 36.0 Å². The molecule has 0 aromatic carbocycles. The van der Waals surface area contributed by atoms with Gasteiger partial charge in [0.25, 0.3) is 0 Å². The number of aromatic nitrogens is 4. The zero-order valence-electron chi connectivity index (χ0n) is 16.2. The van der Waals surface area contributed by atoms with Gasteiger partial charge < -0.3 is 25.1 Å². The lowest BCUT2D eigenvalue weighted by Gasteiger charge is -2.12. The first-order valence-corrected chi connectivity index (χ1v) is 9.19. The molecule has 0 atom stereocenters. The minimum Gasteiger partial charge on any atom is -0.467 e. The van der Waals surface area contributed by atoms with Gasteiger partial charge in [0, 0.05) is 40.3 Å². The van der Waals surface area contributed by atoms with Crippen LogP contribution in [0.25, 0.3) is 11.0 Å². The van der Waals surface area contributed by atoms with Crippen LogP contribution in [0.2, 0.25) is 0 Å². The van der Waals surface area contributed by atoms with Crippen molar-refractivity contribution in [3.8, 4) is 0 Å². The van der Waals surface area contributed by atoms with Crippen LogP contribution in [-0.2, 0) is 18.4 Å². The van der Waals surface area contributed by atoms with Gasteiger partial charge in [-0.1, -0.05) is 0 Å². The number of furan rings is 1. The van der Waals surface area contributed by atoms with Crippen molar-refractivity contribution in [2.45, 2.75) is 13.0 Å². The van der Waals surface area contributed by atoms with Crippen LogP contribution in [0.4, 0.5) is 5.82 Å². The highest BCUT2D eigenvalue weighted by Gasteiger charge is 2.07. The predicted molar refractivity (Wildman–Crippen MR) is 107 cm³/mol. The van der Waals surface area contributed by atoms with Crippen molar-refractivity contribution < 1.29 is 9.15 Å². The summed E-state index contributed by atoms with van der Waals surface area (Å²) in [5.74, 6) is 2.36. The molecule has 0 unspecified atom stereocenters. The van der Waals surface area contributed by atoms with Crippen LogP contribution in [-0.4, -0.2) is 59.0 Å². The predicted octanol–water partition coefficient (Wildman–Crippen LogP) is 1.14. The molecule has 150 valence electrons. The molecule has 10 heteroatoms. The molecule has 0 radical (unpaired) electrons. The number of hydrogen-bond donors (Lipinski definition) is 3. The molecule has 0 aliphatic carbocycles. The Morgan fingerprint density at radius 1 is 1.25 bits per heavy atom. The third kappa shape index (κ3) is 5.43. The normalized spacial score (nSPS) is 11.7. The first kappa shape index (κ1) is 19.6. The number of nitrogens with zero attached hydrogens (tertiary/aromatic N) is 5. The summed E-state index contributed by atoms with van der Waals surface area (Å²) in [6.45, 7) is 3.31. The molecule has 10 nitrogen and oxygen atoms in total. The Balaban J connectivity index is 1.30. The molecule has 0 amide bonds. The monoisotopic (exact) mass is 386 g/mol. The zero-order valence-corrected chi connectivity index (χ0v) is 16.2. The van der Waals surface area contributed by atoms with Crippen molar-refractivity contribution in [1.82, 2.24) is 30.4 Å². The van der Waals surface area contributed by atoms with E-state index in [0.29, 0.717) is 26.3 Å². The lowest BCUT2D eigenvalue weighted by atomic mass is 10.4. The highest BCUT2D eigenvalue weighted by molar-refractivity contribution is 5.86. The van der Waals surface area contributed by atoms with Crippen molar-refractivity contribution in [3.63, 3.8) is 0 Å². The molecule has 0 spiro atoms. The van der Waals surface area contributed by atoms with Gasteiger partial charge in [-0.05, 0) is 18.6 Å². The molecule has 0 saturated heterocycles. The molecular weight excluding hydrogens is 360 g/mol. The molecule has 0 aliphatic heterocycles. The third-order valence-electron chi connectivity index (χ3n) is 4.05. The lowest BCUT2D eigenvalue weighted by molar-refractivity contribution is 0.105. The second-order valence-corrected chi connectivity index (χ2v) is 6.07. The topological polar surface area (TPSA) is 114 Å². The maximum atomic E-state index is 5.55. The van der Waals surface area contributed by atoms with E-state index >= 15 is 0 Å². The van der Waals surface area contributed by atoms with E-state index in [1.165, 1.54) is 6.33 Å². The smallest absolute Gasteiger partial charge is 0.191 e. The second kappa shape index (κ2) is 10.3. The average Bonchev–Trinajstić information content (AvgIpc) is 3.36. The van der Waals surface area contributed by atoms with Crippen LogP contribution in [0, 0.1) is 0 Å². The number of ether oxygens (including phenoxy) is 1. The van der Waals surface area contributed by atoms with Crippen LogP contribution >= 0.6 is 0 Å². The molecule has 3 rings (SSSR count). The SMILES string of the molecule is CN=C(NCCCOCc1ccco1)NCCNc1ncnc2c1cnn2C. The van der Waals surface area contributed by atoms with Crippen molar-refractivity contribution in [2.75, 3.05) is 38.6 Å². The minimum absolute atomic E-state index is 0.499. The summed E-state index contributed by atoms with van der Waals surface area (Å²) >= 11 is 0. The summed E-state index contributed by atoms with van der Waals surface area (Å²) in [4.78, 5) is 12.7. The van der Waals surface area contributed by atoms with E-state index in [-0.39, 0.29) is 0 Å². The number of fused-ring (bicyclic) bond motifs is 1. The van der Waals surface area contributed by atoms with Crippen LogP contribution < -0.4 is 16.0 Å². The van der Waals surface area contributed by atoms with Crippen LogP contribution in [0.3, 0.4) is 0 Å². The third-order valence-corrected chi connectivity index (χ3v) is 4.05. The number of aryl methyl sites for hydroxylation is 1. The van der Waals surface area contributed by atoms with E-state index in [0.717, 1.165) is 41.5 Å². The maximum absolute atomic E-state index is 5.55. The van der Waals surface area contributed by atoms with Gasteiger partial charge in [-0.2, -0.15) is 5.10 Å². The Morgan fingerprint density at radius 3 is 2.96 bits per heavy atom. The zero-order chi connectivity index (χ0) is 19.6. The maximum Gasteiger partial charge on any atom is 0.191 e. The van der Waals surface area contributed by atoms with Crippen molar-refractivity contribution >= 4 is 22.8 Å². The Bertz CT molecular complexity index is 875. The number of guanidine groups is 1. The Hall–Kier alpha value is -3.14. The van der Waals surface area contributed by atoms with Crippen LogP contribution in [0.1, 0.15) is 12.2 Å². The molecule has 0 fully saturated rings. The fourth-order valence-corrected chi connectivity index (χ4v) is 2.63. The van der Waals surface area contributed by atoms with Crippen molar-refractivity contribution in [1.29, 1.82) is 0 Å². The van der Waals surface area contributed by atoms with Gasteiger partial charge in [0.15, 0.2) is 11.6 Å². The number of nitrogens with one attached hydrogen (secondary N) is 3. The first-order chi connectivity index (χ1) is 13.8. The van der Waals surface area contributed by atoms with Gasteiger partial charge in [-0.3, -0.25) is 9.67 Å². The molecular formula is C18H26N8O2. The summed E-state index contributed by atoms with van der Waals surface area (Å²) in [6.07, 6.45) is 5.82. The fraction of sp³-hybridized carbons (Fsp3) is 0.444. The molecule has 3 aromatic heterocycles. The van der Waals surface area contributed by atoms with E-state index < -0.39 is 0 Å². The summed E-state index contributed by atoms with van der Waals surface area (Å²) in [7, 11) is 3.61. The van der Waals surface area contributed by atoms with Crippen LogP contribution in [0.5, 0.6) is 0 Å². The highest BCUT2D eigenvalue weighted by Crippen LogP contribution is 2.16. The molecule has 3 aromatic rings. The molecule has 3 heterocycles. The average molecular weight is 386 g/mol. The van der Waals surface area contributed by atoms with E-state index in [1.54, 1.807) is 24.2 Å². The van der Waals surface area contributed by atoms with Gasteiger partial charge in [0.2, 0.25) is 0 Å². The lowest BCUT2D eigenvalue weighted by Crippen LogP contribution is -2.40. The fourth-order valence-electron chi connectivity index (χ4n) is 2.63. The van der Waals surface area contributed by atoms with Crippen molar-refractivity contribution in [3.05, 3.63) is 36.7 Å². The number of hydrogen-bond acceptors (Lipinski definition) is 7. The standard InChI is InChI=1S/C18H26N8O2/c1-19-18(21-6-4-9-27-12-14-5-3-10-28-14)22-8-7-20-16-15-11-25-26(2)17(15)24-13-23-16/h3,5,10-11,13H,4,6-9,12H2,1-2H3,(H2,19,21,22)(H,20,23,24). The highest BCUT2D eigenvalue weighted by atomic mass is 16.5. The molecule has 0 aliphatic rings. The van der Waals surface area contributed by atoms with Gasteiger partial charge in [-0.25, -0.2) is 9.97 Å². The van der Waals surface area contributed by atoms with Crippen LogP contribution in [0.15, 0.2) is 40.3 Å². The minimum atomic E-state index is 0.499. The first-order valence-electron chi connectivity index (χ1n) is 9.19. The second-order valence-electron chi connectivity index (χ2n) is 6.07. The Labute approximate surface area is 163 Å². The summed E-state index contributed by atoms with van der Waals surface area (Å²) < 4.78 is 12.5. The Morgan fingerprint density at radius 2 is 2.14 bits per heavy atom. The van der Waals surface area contributed by atoms with E-state index in [1.807, 2.05) is 19.2 Å². The number of rotatable bonds is 10. The van der Waals surface area contributed by atoms with Gasteiger partial charge in [0.05, 0.1) is 17.8 Å². The molecule has 3 N–H and O–H groups in total. The van der Waals surface area contributed by atoms with E-state index in [4.69, 9.17) is 9.15 Å². The van der Waals surface area contributed by atoms with Gasteiger partial charge in [-0.15, -0.1) is 0 Å². The van der Waals surface area contributed by atoms with E-state index in [9.17, 15) is 0 Å². The van der Waals surface area contributed by atoms with Crippen molar-refractivity contribution in [2.24, 2.45) is 12.0 Å². The molecule has 0 bridgehead atoms. The summed E-state index contributed by atoms with van der Waals surface area (Å²) in [6, 6.07) is 3.76. The number of aliphatic imine (C=N–C) groups is 1. The molecule has 28 heavy (non-hydrogen) atoms. The number of anilines is 1. The largest absolute Gasteiger partial charge is 0.467 e. The Kier molecular flexibility index (Phi) is 7.19. The summed E-state index contributed by atoms with van der Waals surface area (Å²) in [5, 5.41) is 14.9. The summed E-state index contributed by atoms with van der Waals surface area (Å²) in [5.41, 5.74) is 0.803. The molecule has 0 saturated carbocycles.